The number of carbonyl (C=O) groups excluding carboxylic acids is 2. The Morgan fingerprint density at radius 2 is 1.97 bits per heavy atom. The van der Waals surface area contributed by atoms with Gasteiger partial charge in [0, 0.05) is 19.6 Å². The number of esters is 1. The lowest BCUT2D eigenvalue weighted by atomic mass is 9.97. The topological polar surface area (TPSA) is 84.0 Å². The molecule has 0 bridgehead atoms. The average Bonchev–Trinajstić information content (AvgIpc) is 3.29. The first-order valence-corrected chi connectivity index (χ1v) is 11.7. The third-order valence-corrected chi connectivity index (χ3v) is 8.14. The number of carbonyl (C=O) groups is 2. The Morgan fingerprint density at radius 1 is 1.21 bits per heavy atom. The summed E-state index contributed by atoms with van der Waals surface area (Å²) in [6.07, 6.45) is 1.18. The second kappa shape index (κ2) is 9.51. The minimum Gasteiger partial charge on any atom is -0.468 e. The van der Waals surface area contributed by atoms with E-state index in [2.05, 4.69) is 0 Å². The van der Waals surface area contributed by atoms with Crippen LogP contribution in [0.15, 0.2) is 52.1 Å². The van der Waals surface area contributed by atoms with Crippen molar-refractivity contribution in [1.29, 1.82) is 0 Å². The summed E-state index contributed by atoms with van der Waals surface area (Å²) in [6.45, 7) is 0.604. The summed E-state index contributed by atoms with van der Waals surface area (Å²) in [5, 5.41) is 1.72. The number of hydrogen-bond donors (Lipinski definition) is 0. The summed E-state index contributed by atoms with van der Waals surface area (Å²) in [5.74, 6) is -1.23. The van der Waals surface area contributed by atoms with E-state index in [1.165, 1.54) is 27.7 Å². The lowest BCUT2D eigenvalue weighted by molar-refractivity contribution is -0.149. The first kappa shape index (κ1) is 21.5. The van der Waals surface area contributed by atoms with Crippen molar-refractivity contribution in [3.8, 4) is 0 Å². The Bertz CT molecular complexity index is 929. The summed E-state index contributed by atoms with van der Waals surface area (Å²) in [7, 11) is -2.33. The molecule has 1 atom stereocenters. The van der Waals surface area contributed by atoms with Crippen LogP contribution in [0.3, 0.4) is 0 Å². The molecule has 1 unspecified atom stereocenters. The number of hydrogen-bond acceptors (Lipinski definition) is 6. The highest BCUT2D eigenvalue weighted by atomic mass is 32.2. The quantitative estimate of drug-likeness (QED) is 0.622. The Balaban J connectivity index is 1.76. The molecule has 2 aromatic rings. The van der Waals surface area contributed by atoms with E-state index in [1.54, 1.807) is 17.5 Å². The van der Waals surface area contributed by atoms with Gasteiger partial charge in [-0.2, -0.15) is 4.31 Å². The molecule has 0 saturated carbocycles. The summed E-state index contributed by atoms with van der Waals surface area (Å²) in [4.78, 5) is 26.5. The summed E-state index contributed by atoms with van der Waals surface area (Å²) in [6, 6.07) is 12.6. The minimum absolute atomic E-state index is 0.117. The van der Waals surface area contributed by atoms with Gasteiger partial charge in [-0.1, -0.05) is 36.4 Å². The van der Waals surface area contributed by atoms with E-state index >= 15 is 0 Å². The molecule has 156 valence electrons. The van der Waals surface area contributed by atoms with Gasteiger partial charge >= 0.3 is 5.97 Å². The number of sulfonamides is 1. The molecule has 7 nitrogen and oxygen atoms in total. The Hall–Kier alpha value is -2.23. The van der Waals surface area contributed by atoms with Gasteiger partial charge in [-0.15, -0.1) is 11.3 Å². The van der Waals surface area contributed by atoms with Crippen LogP contribution < -0.4 is 0 Å². The molecule has 1 fully saturated rings. The van der Waals surface area contributed by atoms with Gasteiger partial charge in [-0.3, -0.25) is 9.59 Å². The number of nitrogens with zero attached hydrogens (tertiary/aromatic N) is 2. The van der Waals surface area contributed by atoms with Crippen LogP contribution in [0.5, 0.6) is 0 Å². The molecule has 1 amide bonds. The molecule has 1 aromatic heterocycles. The normalized spacial score (nSPS) is 17.6. The van der Waals surface area contributed by atoms with Crippen LogP contribution in [-0.4, -0.2) is 56.2 Å². The second-order valence-electron chi connectivity index (χ2n) is 6.89. The molecule has 1 aromatic carbocycles. The fourth-order valence-electron chi connectivity index (χ4n) is 3.39. The molecule has 0 radical (unpaired) electrons. The van der Waals surface area contributed by atoms with E-state index in [4.69, 9.17) is 4.74 Å². The van der Waals surface area contributed by atoms with E-state index < -0.39 is 21.9 Å². The largest absolute Gasteiger partial charge is 0.468 e. The highest BCUT2D eigenvalue weighted by Crippen LogP contribution is 2.27. The molecule has 9 heteroatoms. The van der Waals surface area contributed by atoms with Crippen molar-refractivity contribution in [3.05, 3.63) is 53.4 Å². The molecule has 29 heavy (non-hydrogen) atoms. The van der Waals surface area contributed by atoms with Crippen LogP contribution in [0.2, 0.25) is 0 Å². The van der Waals surface area contributed by atoms with E-state index in [1.807, 2.05) is 30.3 Å². The third-order valence-electron chi connectivity index (χ3n) is 4.90. The van der Waals surface area contributed by atoms with Crippen molar-refractivity contribution < 1.29 is 22.7 Å². The van der Waals surface area contributed by atoms with Crippen molar-refractivity contribution in [2.45, 2.75) is 23.6 Å². The Labute approximate surface area is 174 Å². The molecule has 0 spiro atoms. The SMILES string of the molecule is COC(=O)CN(Cc1ccccc1)C(=O)C1CCCN(S(=O)(=O)c2cccs2)C1. The first-order chi connectivity index (χ1) is 13.9. The molecule has 0 N–H and O–H groups in total. The molecule has 1 saturated heterocycles. The fraction of sp³-hybridized carbons (Fsp3) is 0.400. The number of ether oxygens (including phenoxy) is 1. The maximum atomic E-state index is 13.2. The molecule has 2 heterocycles. The molecule has 0 aliphatic carbocycles. The first-order valence-electron chi connectivity index (χ1n) is 9.35. The smallest absolute Gasteiger partial charge is 0.325 e. The number of methoxy groups -OCH3 is 1. The third kappa shape index (κ3) is 5.23. The van der Waals surface area contributed by atoms with E-state index in [0.29, 0.717) is 19.4 Å². The molecule has 1 aliphatic rings. The number of piperidine rings is 1. The van der Waals surface area contributed by atoms with Gasteiger partial charge in [-0.25, -0.2) is 8.42 Å². The zero-order valence-electron chi connectivity index (χ0n) is 16.2. The summed E-state index contributed by atoms with van der Waals surface area (Å²) in [5.41, 5.74) is 0.892. The van der Waals surface area contributed by atoms with Crippen molar-refractivity contribution >= 4 is 33.2 Å². The standard InChI is InChI=1S/C20H24N2O5S2/c1-27-18(23)15-21(13-16-7-3-2-4-8-16)20(24)17-9-5-11-22(14-17)29(25,26)19-10-6-12-28-19/h2-4,6-8,10,12,17H,5,9,11,13-15H2,1H3. The predicted octanol–water partition coefficient (Wildman–Crippen LogP) is 2.35. The number of benzene rings is 1. The van der Waals surface area contributed by atoms with E-state index in [9.17, 15) is 18.0 Å². The summed E-state index contributed by atoms with van der Waals surface area (Å²) < 4.78 is 32.1. The van der Waals surface area contributed by atoms with Crippen molar-refractivity contribution in [1.82, 2.24) is 9.21 Å². The van der Waals surface area contributed by atoms with E-state index in [-0.39, 0.29) is 29.8 Å². The van der Waals surface area contributed by atoms with Crippen LogP contribution >= 0.6 is 11.3 Å². The van der Waals surface area contributed by atoms with Crippen molar-refractivity contribution in [2.75, 3.05) is 26.7 Å². The van der Waals surface area contributed by atoms with Gasteiger partial charge < -0.3 is 9.64 Å². The van der Waals surface area contributed by atoms with Crippen LogP contribution in [-0.2, 0) is 30.9 Å². The van der Waals surface area contributed by atoms with Crippen LogP contribution in [0.25, 0.3) is 0 Å². The zero-order valence-corrected chi connectivity index (χ0v) is 17.8. The van der Waals surface area contributed by atoms with Crippen LogP contribution in [0.4, 0.5) is 0 Å². The number of rotatable bonds is 7. The highest BCUT2D eigenvalue weighted by molar-refractivity contribution is 7.91. The maximum absolute atomic E-state index is 13.2. The van der Waals surface area contributed by atoms with Crippen LogP contribution in [0, 0.1) is 5.92 Å². The van der Waals surface area contributed by atoms with Crippen LogP contribution in [0.1, 0.15) is 18.4 Å². The lowest BCUT2D eigenvalue weighted by Crippen LogP contribution is -2.47. The van der Waals surface area contributed by atoms with Gasteiger partial charge in [0.05, 0.1) is 13.0 Å². The monoisotopic (exact) mass is 436 g/mol. The number of amides is 1. The maximum Gasteiger partial charge on any atom is 0.325 e. The van der Waals surface area contributed by atoms with Gasteiger partial charge in [0.15, 0.2) is 0 Å². The highest BCUT2D eigenvalue weighted by Gasteiger charge is 2.36. The van der Waals surface area contributed by atoms with Crippen molar-refractivity contribution in [3.63, 3.8) is 0 Å². The lowest BCUT2D eigenvalue weighted by Gasteiger charge is -2.33. The molecular weight excluding hydrogens is 412 g/mol. The average molecular weight is 437 g/mol. The minimum atomic E-state index is -3.61. The fourth-order valence-corrected chi connectivity index (χ4v) is 6.06. The van der Waals surface area contributed by atoms with Gasteiger partial charge in [0.1, 0.15) is 10.8 Å². The second-order valence-corrected chi connectivity index (χ2v) is 10.0. The molecular formula is C20H24N2O5S2. The Kier molecular flexibility index (Phi) is 7.05. The van der Waals surface area contributed by atoms with Gasteiger partial charge in [-0.05, 0) is 29.9 Å². The van der Waals surface area contributed by atoms with Crippen molar-refractivity contribution in [2.24, 2.45) is 5.92 Å². The van der Waals surface area contributed by atoms with Gasteiger partial charge in [0.2, 0.25) is 5.91 Å². The molecule has 3 rings (SSSR count). The molecule has 1 aliphatic heterocycles. The van der Waals surface area contributed by atoms with E-state index in [0.717, 1.165) is 5.56 Å². The summed E-state index contributed by atoms with van der Waals surface area (Å²) >= 11 is 1.17. The Morgan fingerprint density at radius 3 is 2.62 bits per heavy atom. The predicted molar refractivity (Wildman–Crippen MR) is 110 cm³/mol. The number of thiophene rings is 1. The van der Waals surface area contributed by atoms with Gasteiger partial charge in [0.25, 0.3) is 10.0 Å². The zero-order chi connectivity index (χ0) is 20.9.